The molecule has 3 heteroatoms. The first-order chi connectivity index (χ1) is 9.15. The van der Waals surface area contributed by atoms with Crippen molar-refractivity contribution in [3.63, 3.8) is 0 Å². The Morgan fingerprint density at radius 2 is 1.95 bits per heavy atom. The van der Waals surface area contributed by atoms with E-state index in [0.717, 1.165) is 5.75 Å². The summed E-state index contributed by atoms with van der Waals surface area (Å²) in [7, 11) is -1.79. The molecule has 0 aromatic heterocycles. The van der Waals surface area contributed by atoms with Crippen LogP contribution in [0, 0.1) is 6.92 Å². The Bertz CT molecular complexity index is 447. The third-order valence-electron chi connectivity index (χ3n) is 3.92. The molecule has 0 heterocycles. The lowest BCUT2D eigenvalue weighted by Gasteiger charge is -2.38. The standard InChI is InChI=1S/C17H28O2Si/c1-8-15(19-20(6,7)17(3,4)5)13-18-16-11-9-10-14(2)12-16/h8-12,15H,1,13H2,2-7H3/t15-/m1/s1. The first-order valence-corrected chi connectivity index (χ1v) is 10.1. The predicted molar refractivity (Wildman–Crippen MR) is 88.9 cm³/mol. The van der Waals surface area contributed by atoms with Crippen LogP contribution in [-0.4, -0.2) is 21.0 Å². The molecule has 2 nitrogen and oxygen atoms in total. The summed E-state index contributed by atoms with van der Waals surface area (Å²) in [5, 5.41) is 0.192. The molecule has 0 bridgehead atoms. The van der Waals surface area contributed by atoms with E-state index in [-0.39, 0.29) is 11.1 Å². The van der Waals surface area contributed by atoms with E-state index in [1.807, 2.05) is 24.3 Å². The van der Waals surface area contributed by atoms with Crippen LogP contribution in [0.5, 0.6) is 5.75 Å². The van der Waals surface area contributed by atoms with E-state index in [1.165, 1.54) is 5.56 Å². The maximum Gasteiger partial charge on any atom is 0.193 e. The number of hydrogen-bond donors (Lipinski definition) is 0. The highest BCUT2D eigenvalue weighted by Gasteiger charge is 2.38. The molecular formula is C17H28O2Si. The SMILES string of the molecule is C=C[C@H](COc1cccc(C)c1)O[Si](C)(C)C(C)(C)C. The highest BCUT2D eigenvalue weighted by Crippen LogP contribution is 2.37. The molecule has 0 aliphatic rings. The number of hydrogen-bond acceptors (Lipinski definition) is 2. The molecule has 1 aromatic carbocycles. The average molecular weight is 292 g/mol. The van der Waals surface area contributed by atoms with E-state index in [4.69, 9.17) is 9.16 Å². The van der Waals surface area contributed by atoms with Crippen LogP contribution in [0.15, 0.2) is 36.9 Å². The lowest BCUT2D eigenvalue weighted by atomic mass is 10.2. The fourth-order valence-corrected chi connectivity index (χ4v) is 2.86. The van der Waals surface area contributed by atoms with E-state index < -0.39 is 8.32 Å². The Labute approximate surface area is 124 Å². The second kappa shape index (κ2) is 6.59. The molecule has 0 amide bonds. The minimum atomic E-state index is -1.79. The van der Waals surface area contributed by atoms with Gasteiger partial charge >= 0.3 is 0 Å². The van der Waals surface area contributed by atoms with Crippen LogP contribution in [0.1, 0.15) is 26.3 Å². The monoisotopic (exact) mass is 292 g/mol. The van der Waals surface area contributed by atoms with Crippen molar-refractivity contribution in [3.05, 3.63) is 42.5 Å². The van der Waals surface area contributed by atoms with Gasteiger partial charge in [-0.3, -0.25) is 0 Å². The van der Waals surface area contributed by atoms with Crippen LogP contribution in [0.3, 0.4) is 0 Å². The van der Waals surface area contributed by atoms with E-state index >= 15 is 0 Å². The van der Waals surface area contributed by atoms with E-state index in [1.54, 1.807) is 0 Å². The molecule has 1 atom stereocenters. The van der Waals surface area contributed by atoms with Crippen LogP contribution >= 0.6 is 0 Å². The summed E-state index contributed by atoms with van der Waals surface area (Å²) in [5.74, 6) is 0.885. The first-order valence-electron chi connectivity index (χ1n) is 7.15. The molecule has 0 unspecified atom stereocenters. The summed E-state index contributed by atoms with van der Waals surface area (Å²) in [6, 6.07) is 8.07. The van der Waals surface area contributed by atoms with Crippen LogP contribution in [-0.2, 0) is 4.43 Å². The zero-order valence-electron chi connectivity index (χ0n) is 13.7. The van der Waals surface area contributed by atoms with Crippen LogP contribution in [0.4, 0.5) is 0 Å². The van der Waals surface area contributed by atoms with Gasteiger partial charge in [0, 0.05) is 0 Å². The largest absolute Gasteiger partial charge is 0.491 e. The second-order valence-electron chi connectivity index (χ2n) is 6.78. The first kappa shape index (κ1) is 17.0. The molecular weight excluding hydrogens is 264 g/mol. The van der Waals surface area contributed by atoms with Gasteiger partial charge in [0.1, 0.15) is 12.4 Å². The zero-order chi connectivity index (χ0) is 15.4. The molecule has 112 valence electrons. The van der Waals surface area contributed by atoms with Crippen molar-refractivity contribution < 1.29 is 9.16 Å². The summed E-state index contributed by atoms with van der Waals surface area (Å²) in [4.78, 5) is 0. The molecule has 1 aromatic rings. The Balaban J connectivity index is 2.63. The molecule has 20 heavy (non-hydrogen) atoms. The highest BCUT2D eigenvalue weighted by atomic mass is 28.4. The van der Waals surface area contributed by atoms with Crippen LogP contribution in [0.25, 0.3) is 0 Å². The Kier molecular flexibility index (Phi) is 5.60. The summed E-state index contributed by atoms with van der Waals surface area (Å²) < 4.78 is 12.1. The normalized spacial score (nSPS) is 13.9. The molecule has 1 rings (SSSR count). The smallest absolute Gasteiger partial charge is 0.193 e. The van der Waals surface area contributed by atoms with Crippen LogP contribution in [0.2, 0.25) is 18.1 Å². The summed E-state index contributed by atoms with van der Waals surface area (Å²) in [6.45, 7) is 17.7. The summed E-state index contributed by atoms with van der Waals surface area (Å²) >= 11 is 0. The third kappa shape index (κ3) is 4.80. The molecule has 0 saturated heterocycles. The van der Waals surface area contributed by atoms with E-state index in [9.17, 15) is 0 Å². The predicted octanol–water partition coefficient (Wildman–Crippen LogP) is 4.95. The van der Waals surface area contributed by atoms with Gasteiger partial charge in [-0.2, -0.15) is 0 Å². The Morgan fingerprint density at radius 3 is 2.45 bits per heavy atom. The van der Waals surface area contributed by atoms with Gasteiger partial charge in [0.15, 0.2) is 8.32 Å². The molecule has 0 fully saturated rings. The van der Waals surface area contributed by atoms with Crippen molar-refractivity contribution in [2.45, 2.75) is 51.9 Å². The minimum Gasteiger partial charge on any atom is -0.491 e. The minimum absolute atomic E-state index is 0.0589. The van der Waals surface area contributed by atoms with Gasteiger partial charge in [-0.05, 0) is 42.8 Å². The fraction of sp³-hybridized carbons (Fsp3) is 0.529. The Hall–Kier alpha value is -1.06. The van der Waals surface area contributed by atoms with Gasteiger partial charge in [-0.25, -0.2) is 0 Å². The van der Waals surface area contributed by atoms with Crippen molar-refractivity contribution in [3.8, 4) is 5.75 Å². The second-order valence-corrected chi connectivity index (χ2v) is 11.5. The zero-order valence-corrected chi connectivity index (χ0v) is 14.7. The molecule has 0 aliphatic heterocycles. The van der Waals surface area contributed by atoms with Gasteiger partial charge in [-0.1, -0.05) is 39.0 Å². The van der Waals surface area contributed by atoms with Gasteiger partial charge in [0.05, 0.1) is 6.10 Å². The summed E-state index contributed by atoms with van der Waals surface area (Å²) in [5.41, 5.74) is 1.20. The molecule has 0 radical (unpaired) electrons. The quantitative estimate of drug-likeness (QED) is 0.545. The van der Waals surface area contributed by atoms with Crippen molar-refractivity contribution >= 4 is 8.32 Å². The lowest BCUT2D eigenvalue weighted by Crippen LogP contribution is -2.44. The highest BCUT2D eigenvalue weighted by molar-refractivity contribution is 6.74. The maximum absolute atomic E-state index is 6.30. The number of aryl methyl sites for hydroxylation is 1. The molecule has 0 aliphatic carbocycles. The fourth-order valence-electron chi connectivity index (χ4n) is 1.59. The third-order valence-corrected chi connectivity index (χ3v) is 8.42. The van der Waals surface area contributed by atoms with E-state index in [2.05, 4.69) is 53.4 Å². The van der Waals surface area contributed by atoms with Crippen molar-refractivity contribution in [2.24, 2.45) is 0 Å². The topological polar surface area (TPSA) is 18.5 Å². The number of ether oxygens (including phenoxy) is 1. The Morgan fingerprint density at radius 1 is 1.30 bits per heavy atom. The maximum atomic E-state index is 6.30. The lowest BCUT2D eigenvalue weighted by molar-refractivity contribution is 0.150. The van der Waals surface area contributed by atoms with Crippen LogP contribution < -0.4 is 4.74 Å². The van der Waals surface area contributed by atoms with Gasteiger partial charge in [-0.15, -0.1) is 6.58 Å². The van der Waals surface area contributed by atoms with Crippen molar-refractivity contribution in [2.75, 3.05) is 6.61 Å². The molecule has 0 N–H and O–H groups in total. The number of benzene rings is 1. The van der Waals surface area contributed by atoms with Gasteiger partial charge in [0.25, 0.3) is 0 Å². The van der Waals surface area contributed by atoms with Gasteiger partial charge < -0.3 is 9.16 Å². The van der Waals surface area contributed by atoms with Crippen molar-refractivity contribution in [1.29, 1.82) is 0 Å². The number of rotatable bonds is 6. The van der Waals surface area contributed by atoms with E-state index in [0.29, 0.717) is 6.61 Å². The van der Waals surface area contributed by atoms with Gasteiger partial charge in [0.2, 0.25) is 0 Å². The summed E-state index contributed by atoms with van der Waals surface area (Å²) in [6.07, 6.45) is 1.78. The van der Waals surface area contributed by atoms with Crippen molar-refractivity contribution in [1.82, 2.24) is 0 Å². The molecule has 0 spiro atoms. The average Bonchev–Trinajstić information content (AvgIpc) is 2.33. The molecule has 0 saturated carbocycles.